The maximum atomic E-state index is 12.6. The van der Waals surface area contributed by atoms with E-state index in [-0.39, 0.29) is 15.8 Å². The standard InChI is InChI=1S/C27H39NO2SSi/c1-8-25(28-31(29)26(2,3)4)24-19-21(24)20-30-32(27(5,6)7,22-15-11-9-12-16-22)23-17-13-10-14-18-23/h8-18,21,24-25,28H,1,19-20H2,2-7H3/t21-,24+,25+,31?/m1/s1. The van der Waals surface area contributed by atoms with Crippen molar-refractivity contribution in [2.24, 2.45) is 11.8 Å². The quantitative estimate of drug-likeness (QED) is 0.423. The van der Waals surface area contributed by atoms with Gasteiger partial charge in [-0.2, -0.15) is 0 Å². The summed E-state index contributed by atoms with van der Waals surface area (Å²) < 4.78 is 22.7. The van der Waals surface area contributed by atoms with E-state index in [1.54, 1.807) is 0 Å². The average molecular weight is 470 g/mol. The lowest BCUT2D eigenvalue weighted by molar-refractivity contribution is 0.271. The zero-order valence-corrected chi connectivity index (χ0v) is 22.2. The van der Waals surface area contributed by atoms with Crippen molar-refractivity contribution in [1.29, 1.82) is 0 Å². The molecular weight excluding hydrogens is 430 g/mol. The van der Waals surface area contributed by atoms with Gasteiger partial charge in [-0.25, -0.2) is 8.93 Å². The number of hydrogen-bond acceptors (Lipinski definition) is 2. The van der Waals surface area contributed by atoms with Crippen molar-refractivity contribution in [1.82, 2.24) is 4.72 Å². The second-order valence-corrected chi connectivity index (χ2v) is 17.2. The van der Waals surface area contributed by atoms with Gasteiger partial charge in [-0.05, 0) is 54.4 Å². The molecule has 0 aromatic heterocycles. The lowest BCUT2D eigenvalue weighted by Gasteiger charge is -2.43. The summed E-state index contributed by atoms with van der Waals surface area (Å²) in [6, 6.07) is 21.6. The first kappa shape index (κ1) is 25.1. The number of rotatable bonds is 9. The van der Waals surface area contributed by atoms with E-state index in [1.165, 1.54) is 10.4 Å². The van der Waals surface area contributed by atoms with Crippen molar-refractivity contribution in [2.45, 2.75) is 63.8 Å². The number of nitrogens with one attached hydrogen (secondary N) is 1. The molecule has 174 valence electrons. The van der Waals surface area contributed by atoms with Gasteiger partial charge < -0.3 is 4.43 Å². The lowest BCUT2D eigenvalue weighted by Crippen LogP contribution is -2.66. The Hall–Kier alpha value is -1.53. The molecule has 1 aliphatic rings. The van der Waals surface area contributed by atoms with Gasteiger partial charge in [-0.3, -0.25) is 0 Å². The van der Waals surface area contributed by atoms with Crippen LogP contribution in [0.15, 0.2) is 73.3 Å². The molecule has 0 aliphatic heterocycles. The molecule has 5 heteroatoms. The van der Waals surface area contributed by atoms with Crippen molar-refractivity contribution in [3.63, 3.8) is 0 Å². The maximum absolute atomic E-state index is 12.6. The van der Waals surface area contributed by atoms with E-state index in [9.17, 15) is 4.21 Å². The number of hydrogen-bond donors (Lipinski definition) is 1. The molecule has 1 unspecified atom stereocenters. The predicted octanol–water partition coefficient (Wildman–Crippen LogP) is 4.81. The highest BCUT2D eigenvalue weighted by Gasteiger charge is 2.52. The third-order valence-electron chi connectivity index (χ3n) is 6.42. The van der Waals surface area contributed by atoms with Crippen molar-refractivity contribution in [3.05, 3.63) is 73.3 Å². The van der Waals surface area contributed by atoms with E-state index in [1.807, 2.05) is 26.8 Å². The summed E-state index contributed by atoms with van der Waals surface area (Å²) in [7, 11) is -3.63. The van der Waals surface area contributed by atoms with E-state index >= 15 is 0 Å². The molecule has 4 atom stereocenters. The summed E-state index contributed by atoms with van der Waals surface area (Å²) >= 11 is 0. The van der Waals surface area contributed by atoms with Gasteiger partial charge in [0.1, 0.15) is 0 Å². The number of benzene rings is 2. The summed E-state index contributed by atoms with van der Waals surface area (Å²) in [5.74, 6) is 0.862. The van der Waals surface area contributed by atoms with Crippen LogP contribution in [0.2, 0.25) is 5.04 Å². The van der Waals surface area contributed by atoms with Crippen molar-refractivity contribution in [2.75, 3.05) is 6.61 Å². The topological polar surface area (TPSA) is 38.3 Å². The Kier molecular flexibility index (Phi) is 7.65. The van der Waals surface area contributed by atoms with Gasteiger partial charge in [0.15, 0.2) is 0 Å². The van der Waals surface area contributed by atoms with Gasteiger partial charge in [0.2, 0.25) is 0 Å². The molecule has 0 heterocycles. The third-order valence-corrected chi connectivity index (χ3v) is 13.0. The molecule has 2 aromatic rings. The minimum absolute atomic E-state index is 0.0239. The van der Waals surface area contributed by atoms with Crippen LogP contribution in [0.1, 0.15) is 48.0 Å². The molecule has 1 aliphatic carbocycles. The SMILES string of the molecule is C=C[C@H](NS(=O)C(C)(C)C)[C@H]1C[C@@H]1CO[Si](c1ccccc1)(c1ccccc1)C(C)(C)C. The van der Waals surface area contributed by atoms with E-state index in [2.05, 4.69) is 92.7 Å². The van der Waals surface area contributed by atoms with E-state index in [0.717, 1.165) is 6.42 Å². The second kappa shape index (κ2) is 9.76. The zero-order chi connectivity index (χ0) is 23.6. The lowest BCUT2D eigenvalue weighted by atomic mass is 10.2. The molecule has 3 rings (SSSR count). The van der Waals surface area contributed by atoms with E-state index in [0.29, 0.717) is 18.4 Å². The van der Waals surface area contributed by atoms with Gasteiger partial charge >= 0.3 is 0 Å². The van der Waals surface area contributed by atoms with Crippen LogP contribution in [0.3, 0.4) is 0 Å². The molecule has 1 fully saturated rings. The Morgan fingerprint density at radius 1 is 1.03 bits per heavy atom. The molecule has 0 amide bonds. The Balaban J connectivity index is 1.84. The van der Waals surface area contributed by atoms with Crippen LogP contribution >= 0.6 is 0 Å². The summed E-state index contributed by atoms with van der Waals surface area (Å²) in [5.41, 5.74) is 0. The van der Waals surface area contributed by atoms with Crippen LogP contribution in [0.25, 0.3) is 0 Å². The predicted molar refractivity (Wildman–Crippen MR) is 140 cm³/mol. The molecule has 1 N–H and O–H groups in total. The first-order valence-electron chi connectivity index (χ1n) is 11.6. The molecule has 32 heavy (non-hydrogen) atoms. The fraction of sp³-hybridized carbons (Fsp3) is 0.481. The van der Waals surface area contributed by atoms with Gasteiger partial charge in [0.25, 0.3) is 8.32 Å². The summed E-state index contributed by atoms with van der Waals surface area (Å²) in [6.45, 7) is 17.6. The molecule has 0 radical (unpaired) electrons. The van der Waals surface area contributed by atoms with Gasteiger partial charge in [0, 0.05) is 12.6 Å². The van der Waals surface area contributed by atoms with Crippen molar-refractivity contribution in [3.8, 4) is 0 Å². The van der Waals surface area contributed by atoms with Crippen LogP contribution in [-0.2, 0) is 15.4 Å². The van der Waals surface area contributed by atoms with Crippen molar-refractivity contribution >= 4 is 29.7 Å². The largest absolute Gasteiger partial charge is 0.407 e. The van der Waals surface area contributed by atoms with Crippen LogP contribution in [0.5, 0.6) is 0 Å². The van der Waals surface area contributed by atoms with Gasteiger partial charge in [-0.1, -0.05) is 87.5 Å². The molecule has 1 saturated carbocycles. The smallest absolute Gasteiger partial charge is 0.261 e. The monoisotopic (exact) mass is 469 g/mol. The molecule has 0 bridgehead atoms. The average Bonchev–Trinajstić information content (AvgIpc) is 3.51. The fourth-order valence-electron chi connectivity index (χ4n) is 4.51. The molecule has 0 saturated heterocycles. The second-order valence-electron chi connectivity index (χ2n) is 10.9. The summed E-state index contributed by atoms with van der Waals surface area (Å²) in [6.07, 6.45) is 2.99. The van der Waals surface area contributed by atoms with E-state index in [4.69, 9.17) is 4.43 Å². The Labute approximate surface area is 198 Å². The summed E-state index contributed by atoms with van der Waals surface area (Å²) in [4.78, 5) is 0. The molecular formula is C27H39NO2SSi. The van der Waals surface area contributed by atoms with E-state index < -0.39 is 19.3 Å². The highest BCUT2D eigenvalue weighted by atomic mass is 32.2. The van der Waals surface area contributed by atoms with Crippen LogP contribution in [0, 0.1) is 11.8 Å². The first-order valence-corrected chi connectivity index (χ1v) is 14.6. The van der Waals surface area contributed by atoms with Crippen LogP contribution < -0.4 is 15.1 Å². The normalized spacial score (nSPS) is 21.1. The minimum Gasteiger partial charge on any atom is -0.407 e. The summed E-state index contributed by atoms with van der Waals surface area (Å²) in [5, 5.41) is 2.59. The molecule has 2 aromatic carbocycles. The van der Waals surface area contributed by atoms with Gasteiger partial charge in [0.05, 0.1) is 15.7 Å². The zero-order valence-electron chi connectivity index (χ0n) is 20.4. The fourth-order valence-corrected chi connectivity index (χ4v) is 10.00. The van der Waals surface area contributed by atoms with Crippen LogP contribution in [-0.4, -0.2) is 29.9 Å². The van der Waals surface area contributed by atoms with Crippen LogP contribution in [0.4, 0.5) is 0 Å². The molecule has 3 nitrogen and oxygen atoms in total. The Morgan fingerprint density at radius 2 is 1.53 bits per heavy atom. The first-order chi connectivity index (χ1) is 15.0. The highest BCUT2D eigenvalue weighted by Crippen LogP contribution is 2.44. The highest BCUT2D eigenvalue weighted by molar-refractivity contribution is 7.84. The Bertz CT molecular complexity index is 879. The van der Waals surface area contributed by atoms with Crippen molar-refractivity contribution < 1.29 is 8.63 Å². The Morgan fingerprint density at radius 3 is 1.94 bits per heavy atom. The maximum Gasteiger partial charge on any atom is 0.261 e. The molecule has 0 spiro atoms. The van der Waals surface area contributed by atoms with Gasteiger partial charge in [-0.15, -0.1) is 6.58 Å². The minimum atomic E-state index is -2.51. The third kappa shape index (κ3) is 5.33.